The Morgan fingerprint density at radius 1 is 0.923 bits per heavy atom. The summed E-state index contributed by atoms with van der Waals surface area (Å²) in [5, 5.41) is 0.169. The Labute approximate surface area is 226 Å². The molecule has 1 fully saturated rings. The quantitative estimate of drug-likeness (QED) is 0.270. The van der Waals surface area contributed by atoms with Gasteiger partial charge in [-0.1, -0.05) is 30.3 Å². The van der Waals surface area contributed by atoms with E-state index < -0.39 is 48.8 Å². The molecule has 0 bridgehead atoms. The predicted octanol–water partition coefficient (Wildman–Crippen LogP) is 5.07. The molecule has 1 saturated heterocycles. The molecule has 0 amide bonds. The van der Waals surface area contributed by atoms with Gasteiger partial charge in [-0.3, -0.25) is 9.11 Å². The lowest BCUT2D eigenvalue weighted by Gasteiger charge is -2.39. The van der Waals surface area contributed by atoms with E-state index in [4.69, 9.17) is 0 Å². The zero-order valence-electron chi connectivity index (χ0n) is 20.3. The van der Waals surface area contributed by atoms with Crippen molar-refractivity contribution < 1.29 is 34.7 Å². The van der Waals surface area contributed by atoms with E-state index in [2.05, 4.69) is 9.71 Å². The third-order valence-electron chi connectivity index (χ3n) is 6.58. The molecule has 2 aromatic heterocycles. The number of sulfonamides is 1. The number of alkyl halides is 2. The van der Waals surface area contributed by atoms with Gasteiger partial charge in [-0.15, -0.1) is 0 Å². The summed E-state index contributed by atoms with van der Waals surface area (Å²) in [5.41, 5.74) is -0.0315. The van der Waals surface area contributed by atoms with Crippen LogP contribution in [0.15, 0.2) is 82.7 Å². The van der Waals surface area contributed by atoms with Crippen LogP contribution in [0.25, 0.3) is 22.2 Å². The smallest absolute Gasteiger partial charge is 0.279 e. The zero-order chi connectivity index (χ0) is 28.0. The Bertz CT molecular complexity index is 1720. The van der Waals surface area contributed by atoms with E-state index >= 15 is 0 Å². The van der Waals surface area contributed by atoms with Crippen molar-refractivity contribution in [3.63, 3.8) is 0 Å². The van der Waals surface area contributed by atoms with E-state index in [0.717, 1.165) is 6.07 Å². The molecule has 2 aromatic carbocycles. The van der Waals surface area contributed by atoms with Gasteiger partial charge in [-0.25, -0.2) is 39.3 Å². The molecule has 0 aliphatic carbocycles. The molecule has 3 heterocycles. The lowest BCUT2D eigenvalue weighted by molar-refractivity contribution is 0.145. The monoisotopic (exact) mass is 597 g/mol. The number of nitrogens with zero attached hydrogens (tertiary/aromatic N) is 2. The summed E-state index contributed by atoms with van der Waals surface area (Å²) in [6, 6.07) is 15.2. The minimum atomic E-state index is -4.39. The molecule has 208 valence electrons. The van der Waals surface area contributed by atoms with Crippen LogP contribution in [0, 0.1) is 0 Å². The Morgan fingerprint density at radius 2 is 1.56 bits per heavy atom. The Balaban J connectivity index is 1.51. The summed E-state index contributed by atoms with van der Waals surface area (Å²) in [4.78, 5) is 3.92. The summed E-state index contributed by atoms with van der Waals surface area (Å²) < 4.78 is 103. The lowest BCUT2D eigenvalue weighted by atomic mass is 10.0. The number of aromatic nitrogens is 2. The Kier molecular flexibility index (Phi) is 7.28. The van der Waals surface area contributed by atoms with E-state index in [1.807, 2.05) is 0 Å². The standard InChI is InChI=1S/C25H25F2N3O6S3/c26-24(27)23-16-22-21(10-13-28-25(22)30(23)39(35,36)20-4-2-1-3-5-20)17-6-8-19(9-7-17)38(33,34)29-18-11-14-37(31,32)15-12-18/h1-10,13,16,18,24,29,31-32H,11-12,14-15H2. The molecule has 3 N–H and O–H groups in total. The summed E-state index contributed by atoms with van der Waals surface area (Å²) in [6.07, 6.45) is -1.18. The molecule has 5 rings (SSSR count). The van der Waals surface area contributed by atoms with Crippen molar-refractivity contribution in [2.24, 2.45) is 0 Å². The summed E-state index contributed by atoms with van der Waals surface area (Å²) >= 11 is 0. The van der Waals surface area contributed by atoms with Gasteiger partial charge in [0.2, 0.25) is 10.0 Å². The zero-order valence-corrected chi connectivity index (χ0v) is 22.8. The summed E-state index contributed by atoms with van der Waals surface area (Å²) in [5.74, 6) is 0.273. The minimum Gasteiger partial charge on any atom is -0.299 e. The first-order valence-electron chi connectivity index (χ1n) is 11.8. The molecule has 9 nitrogen and oxygen atoms in total. The van der Waals surface area contributed by atoms with Crippen molar-refractivity contribution in [1.29, 1.82) is 0 Å². The number of benzene rings is 2. The second kappa shape index (κ2) is 10.3. The summed E-state index contributed by atoms with van der Waals surface area (Å²) in [6.45, 7) is 0. The molecule has 14 heteroatoms. The molecule has 39 heavy (non-hydrogen) atoms. The van der Waals surface area contributed by atoms with E-state index in [9.17, 15) is 34.7 Å². The predicted molar refractivity (Wildman–Crippen MR) is 145 cm³/mol. The molecule has 0 spiro atoms. The third kappa shape index (κ3) is 5.44. The number of hydrogen-bond donors (Lipinski definition) is 3. The highest BCUT2D eigenvalue weighted by molar-refractivity contribution is 8.24. The van der Waals surface area contributed by atoms with Gasteiger partial charge in [-0.05, 0) is 60.4 Å². The maximum Gasteiger partial charge on any atom is 0.279 e. The van der Waals surface area contributed by atoms with Crippen LogP contribution in [0.5, 0.6) is 0 Å². The number of fused-ring (bicyclic) bond motifs is 1. The average Bonchev–Trinajstić information content (AvgIpc) is 3.32. The van der Waals surface area contributed by atoms with Crippen molar-refractivity contribution in [2.45, 2.75) is 35.1 Å². The minimum absolute atomic E-state index is 0.0220. The van der Waals surface area contributed by atoms with Crippen molar-refractivity contribution >= 4 is 41.7 Å². The maximum absolute atomic E-state index is 14.1. The van der Waals surface area contributed by atoms with Crippen LogP contribution in [0.2, 0.25) is 0 Å². The number of nitrogens with one attached hydrogen (secondary N) is 1. The fourth-order valence-corrected chi connectivity index (χ4v) is 8.90. The highest BCUT2D eigenvalue weighted by Crippen LogP contribution is 2.44. The van der Waals surface area contributed by atoms with E-state index in [1.165, 1.54) is 54.7 Å². The van der Waals surface area contributed by atoms with Gasteiger partial charge in [0.05, 0.1) is 9.79 Å². The van der Waals surface area contributed by atoms with Crippen LogP contribution >= 0.6 is 10.6 Å². The van der Waals surface area contributed by atoms with Crippen LogP contribution in [-0.4, -0.2) is 52.4 Å². The first-order valence-corrected chi connectivity index (χ1v) is 16.7. The molecular weight excluding hydrogens is 572 g/mol. The fraction of sp³-hybridized carbons (Fsp3) is 0.240. The van der Waals surface area contributed by atoms with Gasteiger partial charge in [0, 0.05) is 29.1 Å². The highest BCUT2D eigenvalue weighted by Gasteiger charge is 2.30. The second-order valence-electron chi connectivity index (χ2n) is 9.18. The van der Waals surface area contributed by atoms with Crippen LogP contribution in [0.4, 0.5) is 8.78 Å². The molecule has 1 aliphatic heterocycles. The van der Waals surface area contributed by atoms with Gasteiger partial charge >= 0.3 is 0 Å². The van der Waals surface area contributed by atoms with Crippen molar-refractivity contribution in [3.8, 4) is 11.1 Å². The van der Waals surface area contributed by atoms with Crippen LogP contribution in [0.1, 0.15) is 25.0 Å². The molecule has 4 aromatic rings. The fourth-order valence-electron chi connectivity index (χ4n) is 4.58. The van der Waals surface area contributed by atoms with Crippen LogP contribution < -0.4 is 4.72 Å². The largest absolute Gasteiger partial charge is 0.299 e. The topological polar surface area (TPSA) is 139 Å². The van der Waals surface area contributed by atoms with Gasteiger partial charge in [-0.2, -0.15) is 10.6 Å². The van der Waals surface area contributed by atoms with Gasteiger partial charge in [0.1, 0.15) is 5.69 Å². The van der Waals surface area contributed by atoms with Crippen LogP contribution in [-0.2, 0) is 20.0 Å². The SMILES string of the molecule is O=S(=O)(NC1CCS(O)(O)CC1)c1ccc(-c2ccnc3c2cc(C(F)F)n3S(=O)(=O)c2ccccc2)cc1. The molecule has 0 unspecified atom stereocenters. The molecular formula is C25H25F2N3O6S3. The number of hydrogen-bond acceptors (Lipinski definition) is 7. The molecule has 0 radical (unpaired) electrons. The number of rotatable bonds is 7. The molecule has 1 aliphatic rings. The first kappa shape index (κ1) is 27.7. The first-order chi connectivity index (χ1) is 18.4. The van der Waals surface area contributed by atoms with Gasteiger partial charge in [0.25, 0.3) is 16.4 Å². The second-order valence-corrected chi connectivity index (χ2v) is 15.1. The summed E-state index contributed by atoms with van der Waals surface area (Å²) in [7, 11) is -10.9. The number of pyridine rings is 1. The van der Waals surface area contributed by atoms with E-state index in [-0.39, 0.29) is 32.3 Å². The molecule has 0 atom stereocenters. The van der Waals surface area contributed by atoms with Gasteiger partial charge in [0.15, 0.2) is 5.65 Å². The average molecular weight is 598 g/mol. The highest BCUT2D eigenvalue weighted by atomic mass is 32.3. The Morgan fingerprint density at radius 3 is 2.18 bits per heavy atom. The lowest BCUT2D eigenvalue weighted by Crippen LogP contribution is -2.39. The number of halogens is 2. The molecule has 0 saturated carbocycles. The van der Waals surface area contributed by atoms with Crippen LogP contribution in [0.3, 0.4) is 0 Å². The Hall–Kier alpha value is -2.88. The van der Waals surface area contributed by atoms with Crippen molar-refractivity contribution in [2.75, 3.05) is 11.5 Å². The third-order valence-corrected chi connectivity index (χ3v) is 11.6. The van der Waals surface area contributed by atoms with Crippen molar-refractivity contribution in [3.05, 3.63) is 78.6 Å². The van der Waals surface area contributed by atoms with E-state index in [0.29, 0.717) is 27.9 Å². The van der Waals surface area contributed by atoms with Crippen molar-refractivity contribution in [1.82, 2.24) is 13.7 Å². The normalized spacial score (nSPS) is 17.5. The maximum atomic E-state index is 14.1. The van der Waals surface area contributed by atoms with E-state index in [1.54, 1.807) is 12.1 Å². The van der Waals surface area contributed by atoms with Gasteiger partial charge < -0.3 is 0 Å².